The maximum atomic E-state index is 13.9. The van der Waals surface area contributed by atoms with Crippen LogP contribution < -0.4 is 21.3 Å². The third-order valence-corrected chi connectivity index (χ3v) is 9.01. The highest BCUT2D eigenvalue weighted by molar-refractivity contribution is 6.01. The number of rotatable bonds is 8. The number of carbonyl (C=O) groups is 4. The van der Waals surface area contributed by atoms with Crippen LogP contribution in [-0.4, -0.2) is 76.1 Å². The summed E-state index contributed by atoms with van der Waals surface area (Å²) in [6.07, 6.45) is -0.103. The van der Waals surface area contributed by atoms with Crippen molar-refractivity contribution in [2.45, 2.75) is 82.8 Å². The lowest BCUT2D eigenvalue weighted by molar-refractivity contribution is -0.130. The summed E-state index contributed by atoms with van der Waals surface area (Å²) in [7, 11) is 1.54. The number of hydrogen-bond donors (Lipinski definition) is 4. The molecule has 4 N–H and O–H groups in total. The number of fused-ring (bicyclic) bond motifs is 1. The maximum Gasteiger partial charge on any atom is 0.318 e. The van der Waals surface area contributed by atoms with E-state index in [0.717, 1.165) is 11.1 Å². The highest BCUT2D eigenvalue weighted by Gasteiger charge is 2.53. The molecule has 43 heavy (non-hydrogen) atoms. The van der Waals surface area contributed by atoms with E-state index in [-0.39, 0.29) is 67.4 Å². The smallest absolute Gasteiger partial charge is 0.318 e. The van der Waals surface area contributed by atoms with Crippen LogP contribution in [-0.2, 0) is 22.4 Å². The van der Waals surface area contributed by atoms with Gasteiger partial charge in [-0.1, -0.05) is 25.1 Å². The monoisotopic (exact) mass is 601 g/mol. The molecule has 0 radical (unpaired) electrons. The lowest BCUT2D eigenvalue weighted by atomic mass is 9.81. The van der Waals surface area contributed by atoms with Crippen LogP contribution in [0.4, 0.5) is 19.3 Å². The Bertz CT molecular complexity index is 1420. The largest absolute Gasteiger partial charge is 0.357 e. The fraction of sp³-hybridized carbons (Fsp3) is 0.586. The molecule has 1 aromatic heterocycles. The lowest BCUT2D eigenvalue weighted by Crippen LogP contribution is -2.60. The zero-order valence-electron chi connectivity index (χ0n) is 24.6. The predicted octanol–water partition coefficient (Wildman–Crippen LogP) is 2.57. The fourth-order valence-electron chi connectivity index (χ4n) is 6.41. The second-order valence-corrected chi connectivity index (χ2v) is 12.2. The van der Waals surface area contributed by atoms with Gasteiger partial charge in [0.1, 0.15) is 17.3 Å². The van der Waals surface area contributed by atoms with Crippen LogP contribution in [0.15, 0.2) is 22.8 Å². The minimum Gasteiger partial charge on any atom is -0.357 e. The Morgan fingerprint density at radius 2 is 1.81 bits per heavy atom. The highest BCUT2D eigenvalue weighted by atomic mass is 19.3. The van der Waals surface area contributed by atoms with Crippen molar-refractivity contribution in [2.75, 3.05) is 18.9 Å². The number of alkyl halides is 2. The molecule has 3 atom stereocenters. The Morgan fingerprint density at radius 1 is 1.12 bits per heavy atom. The molecule has 3 aliphatic rings. The third kappa shape index (κ3) is 5.91. The Balaban J connectivity index is 1.36. The molecule has 14 heteroatoms. The summed E-state index contributed by atoms with van der Waals surface area (Å²) in [5.41, 5.74) is 1.10. The molecule has 2 aromatic rings. The summed E-state index contributed by atoms with van der Waals surface area (Å²) < 4.78 is 32.4. The maximum absolute atomic E-state index is 13.9. The molecule has 12 nitrogen and oxygen atoms in total. The van der Waals surface area contributed by atoms with Crippen LogP contribution in [0.5, 0.6) is 0 Å². The van der Waals surface area contributed by atoms with Crippen molar-refractivity contribution in [1.29, 1.82) is 0 Å². The molecule has 1 aromatic carbocycles. The number of aryl methyl sites for hydroxylation is 1. The first-order valence-electron chi connectivity index (χ1n) is 14.5. The molecule has 1 unspecified atom stereocenters. The van der Waals surface area contributed by atoms with Crippen molar-refractivity contribution in [3.8, 4) is 0 Å². The van der Waals surface area contributed by atoms with Gasteiger partial charge < -0.3 is 26.2 Å². The van der Waals surface area contributed by atoms with E-state index < -0.39 is 35.2 Å². The number of hydrogen-bond acceptors (Lipinski definition) is 7. The topological polar surface area (TPSA) is 159 Å². The van der Waals surface area contributed by atoms with Gasteiger partial charge in [0.15, 0.2) is 5.69 Å². The molecule has 1 saturated carbocycles. The number of nitrogens with one attached hydrogen (secondary N) is 4. The number of nitrogens with zero attached hydrogens (tertiary/aromatic N) is 3. The number of carbonyl (C=O) groups excluding carboxylic acids is 4. The van der Waals surface area contributed by atoms with Crippen molar-refractivity contribution in [2.24, 2.45) is 11.8 Å². The van der Waals surface area contributed by atoms with Gasteiger partial charge in [-0.3, -0.25) is 14.4 Å². The van der Waals surface area contributed by atoms with Crippen LogP contribution in [0.3, 0.4) is 0 Å². The molecule has 2 fully saturated rings. The summed E-state index contributed by atoms with van der Waals surface area (Å²) in [5.74, 6) is -4.68. The minimum atomic E-state index is -2.81. The van der Waals surface area contributed by atoms with Gasteiger partial charge in [0.05, 0.1) is 6.04 Å². The minimum absolute atomic E-state index is 0.0511. The number of urea groups is 1. The zero-order chi connectivity index (χ0) is 31.1. The first kappa shape index (κ1) is 30.4. The highest BCUT2D eigenvalue weighted by Crippen LogP contribution is 2.40. The molecule has 232 valence electrons. The van der Waals surface area contributed by atoms with Crippen LogP contribution in [0.25, 0.3) is 0 Å². The van der Waals surface area contributed by atoms with E-state index in [1.807, 2.05) is 19.9 Å². The van der Waals surface area contributed by atoms with Crippen LogP contribution in [0, 0.1) is 18.8 Å². The molecule has 0 spiro atoms. The standard InChI is InChI=1S/C29H37F2N7O5/c1-15(2)21-14-38(27(42)34-21)28(26(41)32-4)12-18-5-6-20(11-19(18)13-28)33-25(40)23(17-7-9-29(30,31)10-8-17)35-24(39)22-16(3)36-43-37-22/h5-6,11,15,17,21,23H,7-10,12-14H2,1-4H3,(H,32,41)(H,33,40)(H,34,42)(H,35,39)/t21-,23-,28?/m0/s1. The second kappa shape index (κ2) is 11.5. The van der Waals surface area contributed by atoms with E-state index in [4.69, 9.17) is 0 Å². The van der Waals surface area contributed by atoms with Crippen molar-refractivity contribution >= 4 is 29.4 Å². The fourth-order valence-corrected chi connectivity index (χ4v) is 6.41. The molecule has 5 amide bonds. The Kier molecular flexibility index (Phi) is 8.14. The molecule has 5 rings (SSSR count). The van der Waals surface area contributed by atoms with Crippen molar-refractivity contribution in [1.82, 2.24) is 31.2 Å². The third-order valence-electron chi connectivity index (χ3n) is 9.01. The summed E-state index contributed by atoms with van der Waals surface area (Å²) in [5, 5.41) is 18.4. The van der Waals surface area contributed by atoms with Gasteiger partial charge in [0.25, 0.3) is 5.91 Å². The molecule has 1 saturated heterocycles. The van der Waals surface area contributed by atoms with Gasteiger partial charge >= 0.3 is 6.03 Å². The SMILES string of the molecule is CNC(=O)C1(N2C[C@@H](C(C)C)NC2=O)Cc2ccc(NC(=O)[C@@H](NC(=O)c3nonc3C)C3CCC(F)(F)CC3)cc2C1. The summed E-state index contributed by atoms with van der Waals surface area (Å²) >= 11 is 0. The van der Waals surface area contributed by atoms with E-state index in [1.165, 1.54) is 6.92 Å². The second-order valence-electron chi connectivity index (χ2n) is 12.2. The van der Waals surface area contributed by atoms with Crippen LogP contribution in [0.2, 0.25) is 0 Å². The first-order valence-corrected chi connectivity index (χ1v) is 14.5. The number of anilines is 1. The van der Waals surface area contributed by atoms with E-state index in [0.29, 0.717) is 18.7 Å². The van der Waals surface area contributed by atoms with Gasteiger partial charge in [0.2, 0.25) is 17.7 Å². The molecule has 2 aliphatic carbocycles. The quantitative estimate of drug-likeness (QED) is 0.362. The number of amides is 5. The lowest BCUT2D eigenvalue weighted by Gasteiger charge is -2.36. The van der Waals surface area contributed by atoms with Crippen LogP contribution in [0.1, 0.15) is 66.8 Å². The molecule has 0 bridgehead atoms. The summed E-state index contributed by atoms with van der Waals surface area (Å²) in [6.45, 7) is 5.94. The number of likely N-dealkylation sites (N-methyl/N-ethyl adjacent to an activating group) is 1. The number of aromatic nitrogens is 2. The Morgan fingerprint density at radius 3 is 2.42 bits per heavy atom. The first-order chi connectivity index (χ1) is 20.3. The zero-order valence-corrected chi connectivity index (χ0v) is 24.6. The average Bonchev–Trinajstić information content (AvgIpc) is 3.68. The Hall–Kier alpha value is -4.10. The molecule has 2 heterocycles. The average molecular weight is 602 g/mol. The van der Waals surface area contributed by atoms with Gasteiger partial charge in [-0.15, -0.1) is 0 Å². The van der Waals surface area contributed by atoms with Gasteiger partial charge in [0, 0.05) is 45.0 Å². The molecule has 1 aliphatic heterocycles. The molecular weight excluding hydrogens is 564 g/mol. The summed E-state index contributed by atoms with van der Waals surface area (Å²) in [4.78, 5) is 54.4. The van der Waals surface area contributed by atoms with Gasteiger partial charge in [-0.05, 0) is 60.0 Å². The predicted molar refractivity (Wildman–Crippen MR) is 150 cm³/mol. The summed E-state index contributed by atoms with van der Waals surface area (Å²) in [6, 6.07) is 3.76. The van der Waals surface area contributed by atoms with Crippen molar-refractivity contribution < 1.29 is 32.6 Å². The van der Waals surface area contributed by atoms with Crippen molar-refractivity contribution in [3.05, 3.63) is 40.7 Å². The number of halogens is 2. The molecular formula is C29H37F2N7O5. The van der Waals surface area contributed by atoms with Gasteiger partial charge in [-0.25, -0.2) is 18.2 Å². The number of benzene rings is 1. The van der Waals surface area contributed by atoms with Gasteiger partial charge in [-0.2, -0.15) is 0 Å². The van der Waals surface area contributed by atoms with E-state index in [2.05, 4.69) is 36.2 Å². The van der Waals surface area contributed by atoms with Crippen LogP contribution >= 0.6 is 0 Å². The Labute approximate surface area is 247 Å². The normalized spacial score (nSPS) is 23.9. The van der Waals surface area contributed by atoms with E-state index >= 15 is 0 Å². The van der Waals surface area contributed by atoms with Crippen molar-refractivity contribution in [3.63, 3.8) is 0 Å². The van der Waals surface area contributed by atoms with E-state index in [1.54, 1.807) is 24.1 Å². The van der Waals surface area contributed by atoms with E-state index in [9.17, 15) is 28.0 Å².